The average Bonchev–Trinajstić information content (AvgIpc) is 3.26. The number of carbonyl (C=O) groups excluding carboxylic acids is 1. The molecule has 2 aliphatic rings. The topological polar surface area (TPSA) is 67.2 Å². The van der Waals surface area contributed by atoms with Gasteiger partial charge in [0.15, 0.2) is 0 Å². The van der Waals surface area contributed by atoms with Crippen LogP contribution < -0.4 is 0 Å². The van der Waals surface area contributed by atoms with Crippen LogP contribution in [-0.2, 0) is 13.0 Å². The smallest absolute Gasteiger partial charge is 0.256 e. The molecule has 1 fully saturated rings. The van der Waals surface area contributed by atoms with Crippen LogP contribution in [0.4, 0.5) is 0 Å². The molecule has 144 valence electrons. The molecule has 0 N–H and O–H groups in total. The Bertz CT molecular complexity index is 1020. The van der Waals surface area contributed by atoms with E-state index in [1.54, 1.807) is 6.20 Å². The van der Waals surface area contributed by atoms with Gasteiger partial charge in [0.2, 0.25) is 0 Å². The number of hydrogen-bond acceptors (Lipinski definition) is 5. The van der Waals surface area contributed by atoms with Gasteiger partial charge in [0.25, 0.3) is 5.91 Å². The van der Waals surface area contributed by atoms with E-state index in [0.717, 1.165) is 48.5 Å². The minimum absolute atomic E-state index is 0.0440. The van der Waals surface area contributed by atoms with Gasteiger partial charge in [0, 0.05) is 37.6 Å². The Hall–Kier alpha value is -2.80. The fourth-order valence-corrected chi connectivity index (χ4v) is 4.48. The number of likely N-dealkylation sites (tertiary alicyclic amines) is 1. The van der Waals surface area contributed by atoms with Gasteiger partial charge in [0.05, 0.1) is 17.1 Å². The molecule has 0 aliphatic carbocycles. The molecule has 0 unspecified atom stereocenters. The Morgan fingerprint density at radius 1 is 1.07 bits per heavy atom. The summed E-state index contributed by atoms with van der Waals surface area (Å²) in [6.45, 7) is 3.16. The van der Waals surface area contributed by atoms with Gasteiger partial charge in [-0.25, -0.2) is 0 Å². The monoisotopic (exact) mass is 376 g/mol. The van der Waals surface area contributed by atoms with Crippen LogP contribution in [0.3, 0.4) is 0 Å². The molecule has 4 heterocycles. The molecule has 28 heavy (non-hydrogen) atoms. The van der Waals surface area contributed by atoms with Gasteiger partial charge in [0.1, 0.15) is 11.6 Å². The second-order valence-corrected chi connectivity index (χ2v) is 7.69. The van der Waals surface area contributed by atoms with E-state index in [2.05, 4.69) is 31.7 Å². The van der Waals surface area contributed by atoms with Gasteiger partial charge in [-0.15, -0.1) is 10.2 Å². The normalized spacial score (nSPS) is 20.3. The molecule has 2 aliphatic heterocycles. The van der Waals surface area contributed by atoms with Crippen LogP contribution in [0, 0.1) is 0 Å². The molecule has 3 aromatic rings. The first-order valence-corrected chi connectivity index (χ1v) is 9.97. The van der Waals surface area contributed by atoms with Crippen molar-refractivity contribution in [2.75, 3.05) is 26.7 Å². The van der Waals surface area contributed by atoms with Gasteiger partial charge in [-0.2, -0.15) is 0 Å². The van der Waals surface area contributed by atoms with E-state index in [-0.39, 0.29) is 5.91 Å². The van der Waals surface area contributed by atoms with Crippen molar-refractivity contribution in [1.82, 2.24) is 29.5 Å². The largest absolute Gasteiger partial charge is 0.336 e. The Morgan fingerprint density at radius 2 is 1.96 bits per heavy atom. The quantitative estimate of drug-likeness (QED) is 0.687. The van der Waals surface area contributed by atoms with E-state index in [1.165, 1.54) is 6.42 Å². The zero-order valence-electron chi connectivity index (χ0n) is 16.1. The van der Waals surface area contributed by atoms with Crippen molar-refractivity contribution < 1.29 is 4.79 Å². The van der Waals surface area contributed by atoms with Gasteiger partial charge in [-0.05, 0) is 38.6 Å². The Labute approximate surface area is 164 Å². The number of nitrogens with zero attached hydrogens (tertiary/aromatic N) is 6. The summed E-state index contributed by atoms with van der Waals surface area (Å²) >= 11 is 0. The molecule has 1 atom stereocenters. The van der Waals surface area contributed by atoms with E-state index in [4.69, 9.17) is 0 Å². The number of rotatable bonds is 2. The van der Waals surface area contributed by atoms with Crippen LogP contribution in [0.25, 0.3) is 10.9 Å². The lowest BCUT2D eigenvalue weighted by atomic mass is 10.1. The first kappa shape index (κ1) is 17.3. The maximum atomic E-state index is 13.3. The molecule has 0 bridgehead atoms. The summed E-state index contributed by atoms with van der Waals surface area (Å²) in [5, 5.41) is 9.94. The van der Waals surface area contributed by atoms with Crippen molar-refractivity contribution in [2.45, 2.75) is 31.8 Å². The number of benzene rings is 1. The fourth-order valence-electron chi connectivity index (χ4n) is 4.48. The first-order chi connectivity index (χ1) is 13.7. The third-order valence-corrected chi connectivity index (χ3v) is 6.02. The Morgan fingerprint density at radius 3 is 2.82 bits per heavy atom. The van der Waals surface area contributed by atoms with Crippen molar-refractivity contribution in [1.29, 1.82) is 0 Å². The summed E-state index contributed by atoms with van der Waals surface area (Å²) in [5.74, 6) is 2.08. The number of pyridine rings is 1. The lowest BCUT2D eigenvalue weighted by Crippen LogP contribution is -2.34. The maximum Gasteiger partial charge on any atom is 0.256 e. The van der Waals surface area contributed by atoms with E-state index in [1.807, 2.05) is 35.2 Å². The van der Waals surface area contributed by atoms with E-state index in [0.29, 0.717) is 24.7 Å². The summed E-state index contributed by atoms with van der Waals surface area (Å²) in [4.78, 5) is 22.0. The fraction of sp³-hybridized carbons (Fsp3) is 0.429. The van der Waals surface area contributed by atoms with Crippen LogP contribution in [0.2, 0.25) is 0 Å². The highest BCUT2D eigenvalue weighted by Gasteiger charge is 2.30. The summed E-state index contributed by atoms with van der Waals surface area (Å²) in [6, 6.07) is 10.0. The lowest BCUT2D eigenvalue weighted by molar-refractivity contribution is 0.0760. The summed E-state index contributed by atoms with van der Waals surface area (Å²) in [5.41, 5.74) is 1.44. The second-order valence-electron chi connectivity index (χ2n) is 7.69. The van der Waals surface area contributed by atoms with Gasteiger partial charge < -0.3 is 9.47 Å². The number of amides is 1. The molecule has 5 rings (SSSR count). The van der Waals surface area contributed by atoms with Crippen molar-refractivity contribution in [3.05, 3.63) is 53.7 Å². The highest BCUT2D eigenvalue weighted by Crippen LogP contribution is 2.30. The van der Waals surface area contributed by atoms with E-state index in [9.17, 15) is 4.79 Å². The molecule has 0 radical (unpaired) electrons. The molecular weight excluding hydrogens is 352 g/mol. The SMILES string of the molecule is CN1CCC[C@@H]1c1nnc2n1CCN(C(=O)c1cccc3cccnc13)CC2. The molecule has 1 amide bonds. The van der Waals surface area contributed by atoms with Crippen molar-refractivity contribution in [3.63, 3.8) is 0 Å². The minimum atomic E-state index is 0.0440. The van der Waals surface area contributed by atoms with Gasteiger partial charge >= 0.3 is 0 Å². The van der Waals surface area contributed by atoms with Gasteiger partial charge in [-0.1, -0.05) is 18.2 Å². The van der Waals surface area contributed by atoms with Crippen LogP contribution in [0.1, 0.15) is 40.9 Å². The summed E-state index contributed by atoms with van der Waals surface area (Å²) < 4.78 is 2.24. The molecule has 0 spiro atoms. The second kappa shape index (κ2) is 6.98. The number of hydrogen-bond donors (Lipinski definition) is 0. The van der Waals surface area contributed by atoms with Gasteiger partial charge in [-0.3, -0.25) is 14.7 Å². The molecule has 2 aromatic heterocycles. The molecule has 1 aromatic carbocycles. The zero-order valence-corrected chi connectivity index (χ0v) is 16.1. The number of para-hydroxylation sites is 1. The predicted molar refractivity (Wildman–Crippen MR) is 106 cm³/mol. The minimum Gasteiger partial charge on any atom is -0.336 e. The number of aromatic nitrogens is 4. The molecular formula is C21H24N6O. The Balaban J connectivity index is 1.40. The third kappa shape index (κ3) is 2.86. The zero-order chi connectivity index (χ0) is 19.1. The molecule has 0 saturated carbocycles. The Kier molecular flexibility index (Phi) is 4.31. The molecule has 7 nitrogen and oxygen atoms in total. The molecule has 7 heteroatoms. The highest BCUT2D eigenvalue weighted by atomic mass is 16.2. The van der Waals surface area contributed by atoms with Crippen molar-refractivity contribution in [2.24, 2.45) is 0 Å². The van der Waals surface area contributed by atoms with E-state index >= 15 is 0 Å². The van der Waals surface area contributed by atoms with Crippen molar-refractivity contribution in [3.8, 4) is 0 Å². The highest BCUT2D eigenvalue weighted by molar-refractivity contribution is 6.05. The van der Waals surface area contributed by atoms with Crippen LogP contribution in [-0.4, -0.2) is 62.1 Å². The number of fused-ring (bicyclic) bond motifs is 2. The van der Waals surface area contributed by atoms with E-state index < -0.39 is 0 Å². The summed E-state index contributed by atoms with van der Waals surface area (Å²) in [7, 11) is 2.15. The molecule has 1 saturated heterocycles. The average molecular weight is 376 g/mol. The predicted octanol–water partition coefficient (Wildman–Crippen LogP) is 2.29. The third-order valence-electron chi connectivity index (χ3n) is 6.02. The standard InChI is InChI=1S/C21H24N6O/c1-25-11-4-8-17(25)20-24-23-18-9-12-26(13-14-27(18)20)21(28)16-7-2-5-15-6-3-10-22-19(15)16/h2-3,5-7,10,17H,4,8-9,11-14H2,1H3/t17-/m1/s1. The first-order valence-electron chi connectivity index (χ1n) is 9.97. The number of carbonyl (C=O) groups is 1. The summed E-state index contributed by atoms with van der Waals surface area (Å²) in [6.07, 6.45) is 4.79. The maximum absolute atomic E-state index is 13.3. The van der Waals surface area contributed by atoms with Crippen molar-refractivity contribution >= 4 is 16.8 Å². The lowest BCUT2D eigenvalue weighted by Gasteiger charge is -2.22. The van der Waals surface area contributed by atoms with Crippen LogP contribution in [0.15, 0.2) is 36.5 Å². The van der Waals surface area contributed by atoms with Crippen LogP contribution >= 0.6 is 0 Å². The van der Waals surface area contributed by atoms with Crippen LogP contribution in [0.5, 0.6) is 0 Å².